The molecule has 0 spiro atoms. The Labute approximate surface area is 164 Å². The fourth-order valence-electron chi connectivity index (χ4n) is 2.09. The first kappa shape index (κ1) is 20.0. The summed E-state index contributed by atoms with van der Waals surface area (Å²) >= 11 is 2.09. The van der Waals surface area contributed by atoms with E-state index in [1.54, 1.807) is 32.0 Å². The summed E-state index contributed by atoms with van der Waals surface area (Å²) in [6.07, 6.45) is 1.37. The van der Waals surface area contributed by atoms with Gasteiger partial charge in [-0.3, -0.25) is 9.59 Å². The van der Waals surface area contributed by atoms with Gasteiger partial charge in [-0.05, 0) is 52.8 Å². The van der Waals surface area contributed by atoms with Gasteiger partial charge < -0.3 is 19.8 Å². The maximum atomic E-state index is 12.3. The third kappa shape index (κ3) is 5.58. The van der Waals surface area contributed by atoms with Crippen LogP contribution in [0.25, 0.3) is 0 Å². The molecule has 0 radical (unpaired) electrons. The van der Waals surface area contributed by atoms with E-state index < -0.39 is 30.4 Å². The second-order valence-electron chi connectivity index (χ2n) is 5.81. The minimum atomic E-state index is -0.891. The van der Waals surface area contributed by atoms with Crippen LogP contribution in [0.5, 0.6) is 0 Å². The lowest BCUT2D eigenvalue weighted by atomic mass is 10.0. The highest BCUT2D eigenvalue weighted by Crippen LogP contribution is 2.16. The monoisotopic (exact) mass is 470 g/mol. The third-order valence-electron chi connectivity index (χ3n) is 3.45. The number of carbonyl (C=O) groups is 3. The topological polar surface area (TPSA) is 97.6 Å². The summed E-state index contributed by atoms with van der Waals surface area (Å²) < 4.78 is 10.9. The molecule has 2 amide bonds. The summed E-state index contributed by atoms with van der Waals surface area (Å²) in [5.41, 5.74) is 0.640. The highest BCUT2D eigenvalue weighted by atomic mass is 127. The molecule has 0 aliphatic rings. The van der Waals surface area contributed by atoms with Gasteiger partial charge in [0.15, 0.2) is 12.4 Å². The second-order valence-corrected chi connectivity index (χ2v) is 6.97. The molecule has 1 heterocycles. The molecule has 1 aromatic carbocycles. The molecule has 0 aliphatic heterocycles. The number of hydrogen-bond acceptors (Lipinski definition) is 5. The quantitative estimate of drug-likeness (QED) is 0.479. The molecule has 0 saturated carbocycles. The van der Waals surface area contributed by atoms with Crippen LogP contribution in [-0.4, -0.2) is 30.4 Å². The van der Waals surface area contributed by atoms with Crippen LogP contribution in [0.15, 0.2) is 47.1 Å². The van der Waals surface area contributed by atoms with Crippen LogP contribution >= 0.6 is 22.6 Å². The minimum Gasteiger partial charge on any atom is -0.459 e. The normalized spacial score (nSPS) is 11.7. The Hall–Kier alpha value is -2.36. The van der Waals surface area contributed by atoms with E-state index in [0.29, 0.717) is 5.69 Å². The highest BCUT2D eigenvalue weighted by molar-refractivity contribution is 14.1. The van der Waals surface area contributed by atoms with Gasteiger partial charge in [0.25, 0.3) is 11.8 Å². The zero-order valence-electron chi connectivity index (χ0n) is 14.3. The Morgan fingerprint density at radius 3 is 2.50 bits per heavy atom. The molecule has 1 aromatic heterocycles. The van der Waals surface area contributed by atoms with Crippen molar-refractivity contribution >= 4 is 46.1 Å². The minimum absolute atomic E-state index is 0.0971. The van der Waals surface area contributed by atoms with Crippen molar-refractivity contribution in [2.75, 3.05) is 11.9 Å². The second kappa shape index (κ2) is 9.37. The van der Waals surface area contributed by atoms with Crippen molar-refractivity contribution in [1.82, 2.24) is 5.32 Å². The number of para-hydroxylation sites is 1. The van der Waals surface area contributed by atoms with Crippen molar-refractivity contribution < 1.29 is 23.5 Å². The van der Waals surface area contributed by atoms with Gasteiger partial charge in [0, 0.05) is 3.57 Å². The first-order valence-electron chi connectivity index (χ1n) is 7.94. The molecule has 0 bridgehead atoms. The number of rotatable bonds is 7. The smallest absolute Gasteiger partial charge is 0.329 e. The van der Waals surface area contributed by atoms with Crippen molar-refractivity contribution in [2.45, 2.75) is 19.9 Å². The molecule has 26 heavy (non-hydrogen) atoms. The fourth-order valence-corrected chi connectivity index (χ4v) is 2.62. The number of carbonyl (C=O) groups excluding carboxylic acids is 3. The van der Waals surface area contributed by atoms with Crippen LogP contribution in [0.4, 0.5) is 5.69 Å². The van der Waals surface area contributed by atoms with E-state index in [0.717, 1.165) is 3.57 Å². The van der Waals surface area contributed by atoms with Crippen molar-refractivity contribution in [2.24, 2.45) is 5.92 Å². The van der Waals surface area contributed by atoms with E-state index in [9.17, 15) is 14.4 Å². The maximum absolute atomic E-state index is 12.3. The van der Waals surface area contributed by atoms with E-state index in [1.807, 2.05) is 12.1 Å². The van der Waals surface area contributed by atoms with Gasteiger partial charge in [-0.2, -0.15) is 0 Å². The Kier molecular flexibility index (Phi) is 7.19. The number of furan rings is 1. The molecule has 2 aromatic rings. The number of amides is 2. The average molecular weight is 470 g/mol. The van der Waals surface area contributed by atoms with E-state index in [1.165, 1.54) is 12.3 Å². The number of halogens is 1. The lowest BCUT2D eigenvalue weighted by Gasteiger charge is -2.20. The Morgan fingerprint density at radius 2 is 1.88 bits per heavy atom. The summed E-state index contributed by atoms with van der Waals surface area (Å²) in [5, 5.41) is 5.23. The molecule has 0 fully saturated rings. The number of benzene rings is 1. The molecule has 8 heteroatoms. The van der Waals surface area contributed by atoms with Crippen LogP contribution in [0.3, 0.4) is 0 Å². The molecule has 0 unspecified atom stereocenters. The van der Waals surface area contributed by atoms with Crippen LogP contribution in [-0.2, 0) is 14.3 Å². The van der Waals surface area contributed by atoms with Crippen LogP contribution in [0.2, 0.25) is 0 Å². The molecule has 2 rings (SSSR count). The average Bonchev–Trinajstić information content (AvgIpc) is 3.14. The molecule has 0 aliphatic carbocycles. The largest absolute Gasteiger partial charge is 0.459 e. The Bertz CT molecular complexity index is 774. The summed E-state index contributed by atoms with van der Waals surface area (Å²) in [5.74, 6) is -1.78. The zero-order chi connectivity index (χ0) is 19.1. The number of esters is 1. The molecule has 7 nitrogen and oxygen atoms in total. The van der Waals surface area contributed by atoms with E-state index >= 15 is 0 Å². The fraction of sp³-hybridized carbons (Fsp3) is 0.278. The Morgan fingerprint density at radius 1 is 1.15 bits per heavy atom. The van der Waals surface area contributed by atoms with Gasteiger partial charge in [-0.25, -0.2) is 4.79 Å². The summed E-state index contributed by atoms with van der Waals surface area (Å²) in [6.45, 7) is 3.09. The molecular formula is C18H19IN2O5. The van der Waals surface area contributed by atoms with Crippen LogP contribution in [0, 0.1) is 9.49 Å². The summed E-state index contributed by atoms with van der Waals surface area (Å²) in [4.78, 5) is 36.3. The van der Waals surface area contributed by atoms with E-state index in [2.05, 4.69) is 33.2 Å². The molecule has 0 saturated heterocycles. The Balaban J connectivity index is 1.90. The van der Waals surface area contributed by atoms with Gasteiger partial charge in [0.2, 0.25) is 0 Å². The maximum Gasteiger partial charge on any atom is 0.329 e. The molecular weight excluding hydrogens is 451 g/mol. The predicted molar refractivity (Wildman–Crippen MR) is 104 cm³/mol. The summed E-state index contributed by atoms with van der Waals surface area (Å²) in [6, 6.07) is 9.43. The first-order chi connectivity index (χ1) is 12.4. The highest BCUT2D eigenvalue weighted by Gasteiger charge is 2.27. The zero-order valence-corrected chi connectivity index (χ0v) is 16.5. The van der Waals surface area contributed by atoms with Crippen molar-refractivity contribution in [3.63, 3.8) is 0 Å². The summed E-state index contributed by atoms with van der Waals surface area (Å²) in [7, 11) is 0. The number of anilines is 1. The number of ether oxygens (including phenoxy) is 1. The van der Waals surface area contributed by atoms with Gasteiger partial charge in [-0.1, -0.05) is 26.0 Å². The lowest BCUT2D eigenvalue weighted by Crippen LogP contribution is -2.45. The molecule has 138 valence electrons. The first-order valence-corrected chi connectivity index (χ1v) is 9.01. The lowest BCUT2D eigenvalue weighted by molar-refractivity contribution is -0.150. The van der Waals surface area contributed by atoms with Gasteiger partial charge >= 0.3 is 5.97 Å². The number of hydrogen-bond donors (Lipinski definition) is 2. The van der Waals surface area contributed by atoms with Crippen molar-refractivity contribution in [3.05, 3.63) is 52.0 Å². The van der Waals surface area contributed by atoms with Crippen LogP contribution in [0.1, 0.15) is 24.4 Å². The van der Waals surface area contributed by atoms with Crippen molar-refractivity contribution in [3.8, 4) is 0 Å². The van der Waals surface area contributed by atoms with Gasteiger partial charge in [0.05, 0.1) is 12.0 Å². The number of nitrogens with one attached hydrogen (secondary N) is 2. The standard InChI is InChI=1S/C18H19IN2O5/c1-11(2)16(21-17(23)14-8-5-9-25-14)18(24)26-10-15(22)20-13-7-4-3-6-12(13)19/h3-9,11,16H,10H2,1-2H3,(H,20,22)(H,21,23)/t16-/m0/s1. The van der Waals surface area contributed by atoms with Crippen molar-refractivity contribution in [1.29, 1.82) is 0 Å². The third-order valence-corrected chi connectivity index (χ3v) is 4.39. The van der Waals surface area contributed by atoms with E-state index in [-0.39, 0.29) is 11.7 Å². The van der Waals surface area contributed by atoms with E-state index in [4.69, 9.17) is 9.15 Å². The molecule has 1 atom stereocenters. The van der Waals surface area contributed by atoms with Gasteiger partial charge in [-0.15, -0.1) is 0 Å². The SMILES string of the molecule is CC(C)[C@H](NC(=O)c1ccco1)C(=O)OCC(=O)Nc1ccccc1I. The van der Waals surface area contributed by atoms with Gasteiger partial charge in [0.1, 0.15) is 6.04 Å². The predicted octanol–water partition coefficient (Wildman–Crippen LogP) is 2.82. The molecule has 2 N–H and O–H groups in total. The van der Waals surface area contributed by atoms with Crippen LogP contribution < -0.4 is 10.6 Å².